The zero-order chi connectivity index (χ0) is 13.5. The average molecular weight is 288 g/mol. The van der Waals surface area contributed by atoms with Gasteiger partial charge in [0.25, 0.3) is 0 Å². The quantitative estimate of drug-likeness (QED) is 0.845. The van der Waals surface area contributed by atoms with Gasteiger partial charge in [0.05, 0.1) is 11.9 Å². The summed E-state index contributed by atoms with van der Waals surface area (Å²) in [5, 5.41) is 12.9. The van der Waals surface area contributed by atoms with Crippen molar-refractivity contribution in [1.29, 1.82) is 0 Å². The molecule has 1 aromatic rings. The Morgan fingerprint density at radius 3 is 2.56 bits per heavy atom. The Morgan fingerprint density at radius 1 is 1.39 bits per heavy atom. The molecule has 0 aliphatic heterocycles. The van der Waals surface area contributed by atoms with Crippen LogP contribution in [-0.2, 0) is 11.3 Å². The molecule has 0 saturated heterocycles. The summed E-state index contributed by atoms with van der Waals surface area (Å²) in [4.78, 5) is 11.6. The molecule has 0 bridgehead atoms. The van der Waals surface area contributed by atoms with E-state index in [0.717, 1.165) is 5.56 Å². The van der Waals surface area contributed by atoms with Gasteiger partial charge in [-0.1, -0.05) is 30.7 Å². The van der Waals surface area contributed by atoms with E-state index in [4.69, 9.17) is 11.6 Å². The molecule has 1 aromatic carbocycles. The van der Waals surface area contributed by atoms with Crippen molar-refractivity contribution in [1.82, 2.24) is 5.32 Å². The molecule has 0 aliphatic rings. The number of aliphatic hydroxyl groups is 1. The third-order valence-electron chi connectivity index (χ3n) is 2.56. The first-order valence-electron chi connectivity index (χ1n) is 5.80. The largest absolute Gasteiger partial charge is 0.392 e. The number of hydrogen-bond donors (Lipinski definition) is 2. The van der Waals surface area contributed by atoms with Gasteiger partial charge in [-0.25, -0.2) is 0 Å². The fraction of sp³-hybridized carbons (Fsp3) is 0.462. The summed E-state index contributed by atoms with van der Waals surface area (Å²) in [5.74, 6) is 0.335. The van der Waals surface area contributed by atoms with Gasteiger partial charge in [0.15, 0.2) is 0 Å². The smallest absolute Gasteiger partial charge is 0.230 e. The number of carbonyl (C=O) groups is 1. The summed E-state index contributed by atoms with van der Waals surface area (Å²) in [5.41, 5.74) is 1.02. The number of thioether (sulfide) groups is 1. The van der Waals surface area contributed by atoms with Gasteiger partial charge in [-0.2, -0.15) is 0 Å². The molecule has 0 spiro atoms. The SMILES string of the molecule is CC(O)C(C)SCC(=O)NCc1ccc(Cl)cc1. The van der Waals surface area contributed by atoms with E-state index in [0.29, 0.717) is 17.3 Å². The molecule has 0 aromatic heterocycles. The minimum atomic E-state index is -0.404. The fourth-order valence-corrected chi connectivity index (χ4v) is 2.12. The Bertz CT molecular complexity index is 381. The van der Waals surface area contributed by atoms with Crippen molar-refractivity contribution < 1.29 is 9.90 Å². The van der Waals surface area contributed by atoms with Crippen LogP contribution < -0.4 is 5.32 Å². The van der Waals surface area contributed by atoms with Crippen LogP contribution in [-0.4, -0.2) is 28.1 Å². The van der Waals surface area contributed by atoms with Gasteiger partial charge in [0.2, 0.25) is 5.91 Å². The van der Waals surface area contributed by atoms with E-state index in [2.05, 4.69) is 5.32 Å². The van der Waals surface area contributed by atoms with E-state index >= 15 is 0 Å². The third kappa shape index (κ3) is 5.76. The molecule has 2 unspecified atom stereocenters. The van der Waals surface area contributed by atoms with E-state index < -0.39 is 6.10 Å². The predicted octanol–water partition coefficient (Wildman–Crippen LogP) is 2.46. The monoisotopic (exact) mass is 287 g/mol. The van der Waals surface area contributed by atoms with Crippen LogP contribution in [0.3, 0.4) is 0 Å². The van der Waals surface area contributed by atoms with E-state index in [9.17, 15) is 9.90 Å². The molecule has 100 valence electrons. The molecule has 0 fully saturated rings. The molecular formula is C13H18ClNO2S. The van der Waals surface area contributed by atoms with Crippen LogP contribution in [0.25, 0.3) is 0 Å². The van der Waals surface area contributed by atoms with Crippen LogP contribution >= 0.6 is 23.4 Å². The van der Waals surface area contributed by atoms with Crippen molar-refractivity contribution in [2.75, 3.05) is 5.75 Å². The molecule has 2 N–H and O–H groups in total. The first-order chi connectivity index (χ1) is 8.49. The second kappa shape index (κ2) is 7.67. The van der Waals surface area contributed by atoms with Crippen LogP contribution in [0.15, 0.2) is 24.3 Å². The summed E-state index contributed by atoms with van der Waals surface area (Å²) in [7, 11) is 0. The lowest BCUT2D eigenvalue weighted by Crippen LogP contribution is -2.26. The topological polar surface area (TPSA) is 49.3 Å². The van der Waals surface area contributed by atoms with Gasteiger partial charge < -0.3 is 10.4 Å². The number of nitrogens with one attached hydrogen (secondary N) is 1. The molecule has 2 atom stereocenters. The highest BCUT2D eigenvalue weighted by molar-refractivity contribution is 8.00. The average Bonchev–Trinajstić information content (AvgIpc) is 2.35. The van der Waals surface area contributed by atoms with E-state index in [1.54, 1.807) is 19.1 Å². The van der Waals surface area contributed by atoms with Crippen LogP contribution in [0.5, 0.6) is 0 Å². The van der Waals surface area contributed by atoms with Crippen LogP contribution in [0.2, 0.25) is 5.02 Å². The lowest BCUT2D eigenvalue weighted by molar-refractivity contribution is -0.118. The highest BCUT2D eigenvalue weighted by Gasteiger charge is 2.11. The zero-order valence-corrected chi connectivity index (χ0v) is 12.1. The molecule has 1 rings (SSSR count). The number of carbonyl (C=O) groups excluding carboxylic acids is 1. The first-order valence-corrected chi connectivity index (χ1v) is 7.22. The van der Waals surface area contributed by atoms with Gasteiger partial charge in [0, 0.05) is 16.8 Å². The Labute approximate surface area is 117 Å². The lowest BCUT2D eigenvalue weighted by Gasteiger charge is -2.13. The van der Waals surface area contributed by atoms with Crippen molar-refractivity contribution in [3.63, 3.8) is 0 Å². The maximum Gasteiger partial charge on any atom is 0.230 e. The molecular weight excluding hydrogens is 270 g/mol. The van der Waals surface area contributed by atoms with Crippen molar-refractivity contribution >= 4 is 29.3 Å². The van der Waals surface area contributed by atoms with Crippen molar-refractivity contribution in [3.05, 3.63) is 34.9 Å². The fourth-order valence-electron chi connectivity index (χ4n) is 1.20. The third-order valence-corrected chi connectivity index (χ3v) is 4.16. The number of hydrogen-bond acceptors (Lipinski definition) is 3. The summed E-state index contributed by atoms with van der Waals surface area (Å²) >= 11 is 7.22. The van der Waals surface area contributed by atoms with Gasteiger partial charge in [0.1, 0.15) is 0 Å². The predicted molar refractivity (Wildman–Crippen MR) is 76.9 cm³/mol. The molecule has 1 amide bonds. The molecule has 18 heavy (non-hydrogen) atoms. The Morgan fingerprint density at radius 2 is 2.00 bits per heavy atom. The second-order valence-electron chi connectivity index (χ2n) is 4.16. The van der Waals surface area contributed by atoms with Gasteiger partial charge in [-0.3, -0.25) is 4.79 Å². The molecule has 0 radical (unpaired) electrons. The van der Waals surface area contributed by atoms with Gasteiger partial charge >= 0.3 is 0 Å². The van der Waals surface area contributed by atoms with Crippen molar-refractivity contribution in [2.24, 2.45) is 0 Å². The Hall–Kier alpha value is -0.710. The highest BCUT2D eigenvalue weighted by atomic mass is 35.5. The van der Waals surface area contributed by atoms with Gasteiger partial charge in [-0.05, 0) is 24.6 Å². The van der Waals surface area contributed by atoms with E-state index in [-0.39, 0.29) is 11.2 Å². The van der Waals surface area contributed by atoms with Gasteiger partial charge in [-0.15, -0.1) is 11.8 Å². The molecule has 5 heteroatoms. The summed E-state index contributed by atoms with van der Waals surface area (Å²) in [6.45, 7) is 4.13. The molecule has 0 heterocycles. The molecule has 3 nitrogen and oxygen atoms in total. The Kier molecular flexibility index (Phi) is 6.54. The molecule has 0 saturated carbocycles. The van der Waals surface area contributed by atoms with E-state index in [1.165, 1.54) is 11.8 Å². The van der Waals surface area contributed by atoms with Crippen LogP contribution in [0, 0.1) is 0 Å². The zero-order valence-electron chi connectivity index (χ0n) is 10.5. The standard InChI is InChI=1S/C13H18ClNO2S/c1-9(16)10(2)18-8-13(17)15-7-11-3-5-12(14)6-4-11/h3-6,9-10,16H,7-8H2,1-2H3,(H,15,17). The number of rotatable bonds is 6. The Balaban J connectivity index is 2.27. The summed E-state index contributed by atoms with van der Waals surface area (Å²) < 4.78 is 0. The summed E-state index contributed by atoms with van der Waals surface area (Å²) in [6.07, 6.45) is -0.404. The maximum absolute atomic E-state index is 11.6. The van der Waals surface area contributed by atoms with Crippen molar-refractivity contribution in [2.45, 2.75) is 31.7 Å². The minimum Gasteiger partial charge on any atom is -0.392 e. The van der Waals surface area contributed by atoms with Crippen LogP contribution in [0.4, 0.5) is 0 Å². The number of aliphatic hydroxyl groups excluding tert-OH is 1. The minimum absolute atomic E-state index is 0.0255. The molecule has 0 aliphatic carbocycles. The second-order valence-corrected chi connectivity index (χ2v) is 5.96. The van der Waals surface area contributed by atoms with E-state index in [1.807, 2.05) is 19.1 Å². The first kappa shape index (κ1) is 15.3. The number of amides is 1. The normalized spacial score (nSPS) is 14.0. The summed E-state index contributed by atoms with van der Waals surface area (Å²) in [6, 6.07) is 7.36. The van der Waals surface area contributed by atoms with Crippen LogP contribution in [0.1, 0.15) is 19.4 Å². The maximum atomic E-state index is 11.6. The number of benzene rings is 1. The van der Waals surface area contributed by atoms with Crippen molar-refractivity contribution in [3.8, 4) is 0 Å². The number of halogens is 1. The highest BCUT2D eigenvalue weighted by Crippen LogP contribution is 2.13. The lowest BCUT2D eigenvalue weighted by atomic mass is 10.2.